The molecule has 0 saturated heterocycles. The van der Waals surface area contributed by atoms with Crippen LogP contribution in [0.15, 0.2) is 72.8 Å². The first-order valence-corrected chi connectivity index (χ1v) is 11.9. The zero-order valence-electron chi connectivity index (χ0n) is 20.7. The molecule has 208 valence electrons. The minimum atomic E-state index is -5.24. The molecule has 4 rings (SSSR count). The zero-order valence-corrected chi connectivity index (χ0v) is 20.7. The molecule has 4 aromatic carbocycles. The summed E-state index contributed by atoms with van der Waals surface area (Å²) < 4.78 is 128. The van der Waals surface area contributed by atoms with Gasteiger partial charge in [0.05, 0.1) is 5.56 Å². The number of alkyl halides is 3. The topological polar surface area (TPSA) is 9.23 Å². The highest BCUT2D eigenvalue weighted by Gasteiger charge is 2.32. The summed E-state index contributed by atoms with van der Waals surface area (Å²) in [5.74, 6) is -11.0. The Morgan fingerprint density at radius 2 is 1.25 bits per heavy atom. The van der Waals surface area contributed by atoms with Crippen molar-refractivity contribution in [1.29, 1.82) is 0 Å². The highest BCUT2D eigenvalue weighted by atomic mass is 19.4. The van der Waals surface area contributed by atoms with Crippen LogP contribution in [-0.4, -0.2) is 6.36 Å². The van der Waals surface area contributed by atoms with Gasteiger partial charge in [-0.15, -0.1) is 13.2 Å². The van der Waals surface area contributed by atoms with Gasteiger partial charge in [-0.1, -0.05) is 49.7 Å². The molecule has 0 atom stereocenters. The fraction of sp³-hybridized carbons (Fsp3) is 0.133. The van der Waals surface area contributed by atoms with Crippen molar-refractivity contribution < 1.29 is 44.3 Å². The maximum Gasteiger partial charge on any atom is 0.573 e. The Balaban J connectivity index is 1.64. The largest absolute Gasteiger partial charge is 0.573 e. The lowest BCUT2D eigenvalue weighted by molar-refractivity contribution is -0.275. The van der Waals surface area contributed by atoms with Crippen LogP contribution < -0.4 is 4.74 Å². The van der Waals surface area contributed by atoms with Crippen molar-refractivity contribution in [1.82, 2.24) is 0 Å². The van der Waals surface area contributed by atoms with Crippen LogP contribution in [0.5, 0.6) is 5.75 Å². The molecule has 0 radical (unpaired) electrons. The van der Waals surface area contributed by atoms with Gasteiger partial charge in [-0.3, -0.25) is 0 Å². The SMILES string of the molecule is CCCc1ccc(-c2ccc(-c3cc(F)c(C(F)=C(F)c4ccc(OC(F)(F)F)c(F)c4)c(F)c3)c(F)c2)cc1. The molecule has 0 spiro atoms. The Morgan fingerprint density at radius 3 is 1.80 bits per heavy atom. The molecule has 0 aliphatic rings. The fourth-order valence-electron chi connectivity index (χ4n) is 4.10. The Bertz CT molecular complexity index is 1550. The molecule has 0 N–H and O–H groups in total. The van der Waals surface area contributed by atoms with Crippen LogP contribution in [0, 0.1) is 23.3 Å². The molecule has 4 aromatic rings. The van der Waals surface area contributed by atoms with Crippen molar-refractivity contribution in [3.05, 3.63) is 113 Å². The normalized spacial score (nSPS) is 12.3. The van der Waals surface area contributed by atoms with Gasteiger partial charge in [0.25, 0.3) is 0 Å². The quantitative estimate of drug-likeness (QED) is 0.160. The third kappa shape index (κ3) is 6.32. The standard InChI is InChI=1S/C30H19F9O/c1-2-3-16-4-6-17(7-5-16)18-8-10-21(22(31)12-18)20-14-24(33)27(25(34)15-20)29(36)28(35)19-9-11-26(23(32)13-19)40-30(37,38)39/h4-15H,2-3H2,1H3. The maximum absolute atomic E-state index is 15.0. The number of aryl methyl sites for hydroxylation is 1. The first-order chi connectivity index (χ1) is 18.9. The van der Waals surface area contributed by atoms with Crippen LogP contribution in [0.4, 0.5) is 39.5 Å². The summed E-state index contributed by atoms with van der Waals surface area (Å²) >= 11 is 0. The number of hydrogen-bond donors (Lipinski definition) is 0. The third-order valence-corrected chi connectivity index (χ3v) is 5.97. The Labute approximate surface area is 223 Å². The summed E-state index contributed by atoms with van der Waals surface area (Å²) in [6.45, 7) is 2.04. The molecule has 0 heterocycles. The average Bonchev–Trinajstić information content (AvgIpc) is 2.88. The number of hydrogen-bond acceptors (Lipinski definition) is 1. The van der Waals surface area contributed by atoms with Crippen molar-refractivity contribution in [2.24, 2.45) is 0 Å². The molecule has 0 fully saturated rings. The first kappa shape index (κ1) is 28.8. The summed E-state index contributed by atoms with van der Waals surface area (Å²) in [5, 5.41) is 0. The molecule has 0 unspecified atom stereocenters. The van der Waals surface area contributed by atoms with Crippen LogP contribution in [0.2, 0.25) is 0 Å². The van der Waals surface area contributed by atoms with Crippen LogP contribution >= 0.6 is 0 Å². The predicted octanol–water partition coefficient (Wildman–Crippen LogP) is 10.2. The number of halogens is 9. The molecule has 0 bridgehead atoms. The number of ether oxygens (including phenoxy) is 1. The van der Waals surface area contributed by atoms with Gasteiger partial charge >= 0.3 is 6.36 Å². The molecule has 0 aliphatic carbocycles. The van der Waals surface area contributed by atoms with Gasteiger partial charge in [0.15, 0.2) is 23.2 Å². The van der Waals surface area contributed by atoms with Crippen LogP contribution in [-0.2, 0) is 6.42 Å². The second-order valence-corrected chi connectivity index (χ2v) is 8.78. The fourth-order valence-corrected chi connectivity index (χ4v) is 4.10. The van der Waals surface area contributed by atoms with E-state index in [1.165, 1.54) is 18.2 Å². The van der Waals surface area contributed by atoms with E-state index in [4.69, 9.17) is 0 Å². The highest BCUT2D eigenvalue weighted by Crippen LogP contribution is 2.37. The smallest absolute Gasteiger partial charge is 0.403 e. The van der Waals surface area contributed by atoms with Crippen molar-refractivity contribution >= 4 is 11.7 Å². The minimum Gasteiger partial charge on any atom is -0.403 e. The molecular formula is C30H19F9O. The average molecular weight is 566 g/mol. The Morgan fingerprint density at radius 1 is 0.650 bits per heavy atom. The van der Waals surface area contributed by atoms with E-state index in [1.54, 1.807) is 0 Å². The van der Waals surface area contributed by atoms with Gasteiger partial charge < -0.3 is 4.74 Å². The summed E-state index contributed by atoms with van der Waals surface area (Å²) in [4.78, 5) is 0. The van der Waals surface area contributed by atoms with Crippen molar-refractivity contribution in [2.75, 3.05) is 0 Å². The summed E-state index contributed by atoms with van der Waals surface area (Å²) in [7, 11) is 0. The van der Waals surface area contributed by atoms with Gasteiger partial charge in [-0.25, -0.2) is 26.3 Å². The van der Waals surface area contributed by atoms with Gasteiger partial charge in [0.1, 0.15) is 17.5 Å². The van der Waals surface area contributed by atoms with Gasteiger partial charge in [0, 0.05) is 11.1 Å². The first-order valence-electron chi connectivity index (χ1n) is 11.9. The second kappa shape index (κ2) is 11.5. The Kier molecular flexibility index (Phi) is 8.27. The van der Waals surface area contributed by atoms with E-state index in [0.29, 0.717) is 29.8 Å². The highest BCUT2D eigenvalue weighted by molar-refractivity contribution is 5.84. The molecule has 40 heavy (non-hydrogen) atoms. The van der Waals surface area contributed by atoms with Crippen molar-refractivity contribution in [2.45, 2.75) is 26.1 Å². The molecule has 0 saturated carbocycles. The summed E-state index contributed by atoms with van der Waals surface area (Å²) in [6.07, 6.45) is -3.39. The van der Waals surface area contributed by atoms with Crippen molar-refractivity contribution in [3.63, 3.8) is 0 Å². The summed E-state index contributed by atoms with van der Waals surface area (Å²) in [6, 6.07) is 13.8. The van der Waals surface area contributed by atoms with Crippen molar-refractivity contribution in [3.8, 4) is 28.0 Å². The molecule has 0 aromatic heterocycles. The second-order valence-electron chi connectivity index (χ2n) is 8.78. The lowest BCUT2D eigenvalue weighted by atomic mass is 9.97. The lowest BCUT2D eigenvalue weighted by Gasteiger charge is -2.12. The third-order valence-electron chi connectivity index (χ3n) is 5.97. The molecule has 1 nitrogen and oxygen atoms in total. The van der Waals surface area contributed by atoms with Crippen LogP contribution in [0.1, 0.15) is 30.0 Å². The van der Waals surface area contributed by atoms with Crippen LogP contribution in [0.3, 0.4) is 0 Å². The van der Waals surface area contributed by atoms with E-state index in [-0.39, 0.29) is 17.2 Å². The summed E-state index contributed by atoms with van der Waals surface area (Å²) in [5.41, 5.74) is -0.549. The van der Waals surface area contributed by atoms with Crippen LogP contribution in [0.25, 0.3) is 33.9 Å². The molecule has 10 heteroatoms. The predicted molar refractivity (Wildman–Crippen MR) is 133 cm³/mol. The van der Waals surface area contributed by atoms with Gasteiger partial charge in [-0.05, 0) is 65.1 Å². The molecule has 0 aliphatic heterocycles. The van der Waals surface area contributed by atoms with E-state index >= 15 is 0 Å². The van der Waals surface area contributed by atoms with E-state index in [2.05, 4.69) is 4.74 Å². The zero-order chi connectivity index (χ0) is 29.2. The minimum absolute atomic E-state index is 0.175. The van der Waals surface area contributed by atoms with E-state index < -0.39 is 58.2 Å². The monoisotopic (exact) mass is 566 g/mol. The van der Waals surface area contributed by atoms with Gasteiger partial charge in [-0.2, -0.15) is 0 Å². The van der Waals surface area contributed by atoms with E-state index in [9.17, 15) is 39.5 Å². The Hall–Kier alpha value is -4.21. The lowest BCUT2D eigenvalue weighted by Crippen LogP contribution is -2.17. The molecular weight excluding hydrogens is 547 g/mol. The van der Waals surface area contributed by atoms with Gasteiger partial charge in [0.2, 0.25) is 0 Å². The number of rotatable bonds is 7. The number of benzene rings is 4. The van der Waals surface area contributed by atoms with E-state index in [0.717, 1.165) is 24.0 Å². The molecule has 0 amide bonds. The van der Waals surface area contributed by atoms with E-state index in [1.807, 2.05) is 31.2 Å². The maximum atomic E-state index is 15.0.